The van der Waals surface area contributed by atoms with Gasteiger partial charge < -0.3 is 15.7 Å². The molecule has 2 aromatic carbocycles. The van der Waals surface area contributed by atoms with E-state index < -0.39 is 5.97 Å². The molecule has 6 nitrogen and oxygen atoms in total. The number of rotatable bonds is 8. The summed E-state index contributed by atoms with van der Waals surface area (Å²) < 4.78 is 0. The average Bonchev–Trinajstić information content (AvgIpc) is 2.64. The number of carbonyl (C=O) groups excluding carboxylic acids is 2. The first-order valence-corrected chi connectivity index (χ1v) is 7.88. The van der Waals surface area contributed by atoms with E-state index in [0.29, 0.717) is 25.1 Å². The smallest absolute Gasteiger partial charge is 0.335 e. The lowest BCUT2D eigenvalue weighted by Gasteiger charge is -2.14. The maximum absolute atomic E-state index is 12.3. The molecule has 0 aliphatic carbocycles. The minimum Gasteiger partial charge on any atom is -0.478 e. The number of aromatic carboxylic acids is 1. The summed E-state index contributed by atoms with van der Waals surface area (Å²) in [5, 5.41) is 14.5. The van der Waals surface area contributed by atoms with Crippen molar-refractivity contribution >= 4 is 18.3 Å². The number of benzene rings is 2. The predicted molar refractivity (Wildman–Crippen MR) is 93.5 cm³/mol. The second-order valence-corrected chi connectivity index (χ2v) is 5.74. The summed E-state index contributed by atoms with van der Waals surface area (Å²) in [5.74, 6) is -1.21. The molecule has 6 heteroatoms. The SMILES string of the molecule is CC(CNC(=O)c1cccc(CNC=O)c1)c1cccc(C(=O)O)c1. The van der Waals surface area contributed by atoms with Crippen molar-refractivity contribution in [2.24, 2.45) is 0 Å². The zero-order valence-corrected chi connectivity index (χ0v) is 13.9. The Morgan fingerprint density at radius 1 is 1.12 bits per heavy atom. The van der Waals surface area contributed by atoms with Gasteiger partial charge in [0.1, 0.15) is 0 Å². The minimum absolute atomic E-state index is 0.0248. The molecule has 130 valence electrons. The lowest BCUT2D eigenvalue weighted by molar-refractivity contribution is -0.109. The Morgan fingerprint density at radius 3 is 2.56 bits per heavy atom. The zero-order valence-electron chi connectivity index (χ0n) is 13.9. The van der Waals surface area contributed by atoms with E-state index in [1.165, 1.54) is 6.07 Å². The average molecular weight is 340 g/mol. The molecule has 0 aromatic heterocycles. The Kier molecular flexibility index (Phi) is 6.28. The molecule has 2 rings (SSSR count). The monoisotopic (exact) mass is 340 g/mol. The number of nitrogens with one attached hydrogen (secondary N) is 2. The van der Waals surface area contributed by atoms with Crippen molar-refractivity contribution in [2.45, 2.75) is 19.4 Å². The van der Waals surface area contributed by atoms with E-state index in [9.17, 15) is 14.4 Å². The molecule has 1 unspecified atom stereocenters. The first kappa shape index (κ1) is 18.2. The highest BCUT2D eigenvalue weighted by molar-refractivity contribution is 5.94. The van der Waals surface area contributed by atoms with Crippen LogP contribution in [0.4, 0.5) is 0 Å². The number of carbonyl (C=O) groups is 3. The Bertz CT molecular complexity index is 774. The molecule has 1 atom stereocenters. The molecule has 0 fully saturated rings. The summed E-state index contributed by atoms with van der Waals surface area (Å²) in [6.45, 7) is 2.67. The third-order valence-electron chi connectivity index (χ3n) is 3.85. The van der Waals surface area contributed by atoms with E-state index in [1.54, 1.807) is 30.3 Å². The topological polar surface area (TPSA) is 95.5 Å². The normalized spacial score (nSPS) is 11.4. The fraction of sp³-hybridized carbons (Fsp3) is 0.211. The highest BCUT2D eigenvalue weighted by Crippen LogP contribution is 2.16. The molecule has 0 aliphatic heterocycles. The van der Waals surface area contributed by atoms with Crippen molar-refractivity contribution < 1.29 is 19.5 Å². The van der Waals surface area contributed by atoms with Gasteiger partial charge in [-0.15, -0.1) is 0 Å². The van der Waals surface area contributed by atoms with Gasteiger partial charge in [0.2, 0.25) is 6.41 Å². The summed E-state index contributed by atoms with van der Waals surface area (Å²) in [6, 6.07) is 13.7. The summed E-state index contributed by atoms with van der Waals surface area (Å²) >= 11 is 0. The summed E-state index contributed by atoms with van der Waals surface area (Å²) in [6.07, 6.45) is 0.611. The first-order chi connectivity index (χ1) is 12.0. The number of carboxylic acids is 1. The predicted octanol–water partition coefficient (Wildman–Crippen LogP) is 2.16. The van der Waals surface area contributed by atoms with Crippen LogP contribution in [-0.4, -0.2) is 29.9 Å². The van der Waals surface area contributed by atoms with Crippen molar-refractivity contribution in [2.75, 3.05) is 6.54 Å². The van der Waals surface area contributed by atoms with Crippen LogP contribution in [0.15, 0.2) is 48.5 Å². The van der Waals surface area contributed by atoms with Crippen LogP contribution < -0.4 is 10.6 Å². The van der Waals surface area contributed by atoms with Gasteiger partial charge in [0.05, 0.1) is 5.56 Å². The van der Waals surface area contributed by atoms with Gasteiger partial charge in [0.15, 0.2) is 0 Å². The second-order valence-electron chi connectivity index (χ2n) is 5.74. The van der Waals surface area contributed by atoms with E-state index >= 15 is 0 Å². The lowest BCUT2D eigenvalue weighted by Crippen LogP contribution is -2.27. The van der Waals surface area contributed by atoms with Crippen molar-refractivity contribution in [1.82, 2.24) is 10.6 Å². The van der Waals surface area contributed by atoms with E-state index in [1.807, 2.05) is 19.1 Å². The quantitative estimate of drug-likeness (QED) is 0.642. The van der Waals surface area contributed by atoms with Crippen molar-refractivity contribution in [3.05, 3.63) is 70.8 Å². The van der Waals surface area contributed by atoms with Crippen LogP contribution in [-0.2, 0) is 11.3 Å². The minimum atomic E-state index is -0.973. The van der Waals surface area contributed by atoms with Gasteiger partial charge in [-0.1, -0.05) is 31.2 Å². The summed E-state index contributed by atoms with van der Waals surface area (Å²) in [5.41, 5.74) is 2.42. The molecule has 0 spiro atoms. The molecule has 3 N–H and O–H groups in total. The number of hydrogen-bond donors (Lipinski definition) is 3. The lowest BCUT2D eigenvalue weighted by atomic mass is 9.99. The molecule has 0 radical (unpaired) electrons. The van der Waals surface area contributed by atoms with E-state index in [-0.39, 0.29) is 17.4 Å². The van der Waals surface area contributed by atoms with Gasteiger partial charge in [-0.25, -0.2) is 4.79 Å². The third-order valence-corrected chi connectivity index (χ3v) is 3.85. The fourth-order valence-corrected chi connectivity index (χ4v) is 2.43. The molecule has 0 saturated carbocycles. The van der Waals surface area contributed by atoms with Crippen LogP contribution in [0, 0.1) is 0 Å². The zero-order chi connectivity index (χ0) is 18.2. The largest absolute Gasteiger partial charge is 0.478 e. The second kappa shape index (κ2) is 8.63. The van der Waals surface area contributed by atoms with Crippen LogP contribution in [0.3, 0.4) is 0 Å². The molecule has 0 bridgehead atoms. The van der Waals surface area contributed by atoms with Gasteiger partial charge in [-0.05, 0) is 41.3 Å². The standard InChI is InChI=1S/C19H20N2O4/c1-13(15-5-3-7-17(9-15)19(24)25)10-21-18(23)16-6-2-4-14(8-16)11-20-12-22/h2-9,12-13H,10-11H2,1H3,(H,20,22)(H,21,23)(H,24,25). The van der Waals surface area contributed by atoms with Gasteiger partial charge >= 0.3 is 5.97 Å². The number of carboxylic acid groups (broad SMARTS) is 1. The Morgan fingerprint density at radius 2 is 1.84 bits per heavy atom. The number of hydrogen-bond acceptors (Lipinski definition) is 3. The molecule has 2 amide bonds. The van der Waals surface area contributed by atoms with E-state index in [0.717, 1.165) is 11.1 Å². The highest BCUT2D eigenvalue weighted by atomic mass is 16.4. The molecule has 0 aliphatic rings. The molecule has 0 heterocycles. The van der Waals surface area contributed by atoms with Crippen molar-refractivity contribution in [1.29, 1.82) is 0 Å². The van der Waals surface area contributed by atoms with Gasteiger partial charge in [0, 0.05) is 18.7 Å². The third kappa shape index (κ3) is 5.17. The fourth-order valence-electron chi connectivity index (χ4n) is 2.43. The molecule has 25 heavy (non-hydrogen) atoms. The summed E-state index contributed by atoms with van der Waals surface area (Å²) in [7, 11) is 0. The Labute approximate surface area is 145 Å². The molecular formula is C19H20N2O4. The maximum Gasteiger partial charge on any atom is 0.335 e. The van der Waals surface area contributed by atoms with Gasteiger partial charge in [0.25, 0.3) is 5.91 Å². The highest BCUT2D eigenvalue weighted by Gasteiger charge is 2.12. The maximum atomic E-state index is 12.3. The molecule has 2 aromatic rings. The number of amides is 2. The van der Waals surface area contributed by atoms with E-state index in [4.69, 9.17) is 5.11 Å². The Hall–Kier alpha value is -3.15. The van der Waals surface area contributed by atoms with E-state index in [2.05, 4.69) is 10.6 Å². The first-order valence-electron chi connectivity index (χ1n) is 7.88. The van der Waals surface area contributed by atoms with Gasteiger partial charge in [-0.2, -0.15) is 0 Å². The summed E-state index contributed by atoms with van der Waals surface area (Å²) in [4.78, 5) is 33.7. The van der Waals surface area contributed by atoms with Crippen molar-refractivity contribution in [3.8, 4) is 0 Å². The van der Waals surface area contributed by atoms with Crippen LogP contribution >= 0.6 is 0 Å². The van der Waals surface area contributed by atoms with Crippen LogP contribution in [0.1, 0.15) is 44.7 Å². The van der Waals surface area contributed by atoms with Crippen LogP contribution in [0.5, 0.6) is 0 Å². The Balaban J connectivity index is 1.98. The molecule has 0 saturated heterocycles. The van der Waals surface area contributed by atoms with Crippen LogP contribution in [0.25, 0.3) is 0 Å². The van der Waals surface area contributed by atoms with Gasteiger partial charge in [-0.3, -0.25) is 9.59 Å². The van der Waals surface area contributed by atoms with Crippen molar-refractivity contribution in [3.63, 3.8) is 0 Å². The molecular weight excluding hydrogens is 320 g/mol. The van der Waals surface area contributed by atoms with Crippen LogP contribution in [0.2, 0.25) is 0 Å².